The first-order valence-corrected chi connectivity index (χ1v) is 4.42. The molecule has 2 nitrogen and oxygen atoms in total. The molecule has 0 fully saturated rings. The van der Waals surface area contributed by atoms with Crippen molar-refractivity contribution >= 4 is 0 Å². The molecule has 1 aromatic rings. The molecule has 1 radical (unpaired) electrons. The van der Waals surface area contributed by atoms with Gasteiger partial charge in [-0.25, -0.2) is 5.11 Å². The minimum Gasteiger partial charge on any atom is -0.493 e. The van der Waals surface area contributed by atoms with Crippen LogP contribution in [0.4, 0.5) is 13.2 Å². The maximum Gasteiger partial charge on any atom is 0.416 e. The summed E-state index contributed by atoms with van der Waals surface area (Å²) >= 11 is 0. The third kappa shape index (κ3) is 3.79. The topological polar surface area (TPSA) is 29.1 Å². The van der Waals surface area contributed by atoms with E-state index >= 15 is 0 Å². The average Bonchev–Trinajstić information content (AvgIpc) is 2.17. The number of hydrogen-bond donors (Lipinski definition) is 0. The zero-order chi connectivity index (χ0) is 11.3. The fourth-order valence-corrected chi connectivity index (χ4v) is 1.01. The normalized spacial score (nSPS) is 11.5. The van der Waals surface area contributed by atoms with Gasteiger partial charge in [0.05, 0.1) is 18.8 Å². The van der Waals surface area contributed by atoms with Crippen molar-refractivity contribution in [3.05, 3.63) is 29.8 Å². The van der Waals surface area contributed by atoms with Crippen LogP contribution in [0.3, 0.4) is 0 Å². The van der Waals surface area contributed by atoms with Gasteiger partial charge in [-0.3, -0.25) is 0 Å². The molecule has 0 heterocycles. The number of rotatable bonds is 4. The van der Waals surface area contributed by atoms with Crippen molar-refractivity contribution in [1.82, 2.24) is 0 Å². The highest BCUT2D eigenvalue weighted by Crippen LogP contribution is 2.31. The fourth-order valence-electron chi connectivity index (χ4n) is 1.01. The Balaban J connectivity index is 2.66. The Morgan fingerprint density at radius 1 is 1.27 bits per heavy atom. The van der Waals surface area contributed by atoms with Crippen LogP contribution in [-0.4, -0.2) is 13.2 Å². The van der Waals surface area contributed by atoms with Crippen molar-refractivity contribution in [3.8, 4) is 5.75 Å². The first kappa shape index (κ1) is 11.8. The van der Waals surface area contributed by atoms with E-state index in [0.29, 0.717) is 0 Å². The van der Waals surface area contributed by atoms with Gasteiger partial charge in [0.2, 0.25) is 0 Å². The van der Waals surface area contributed by atoms with Gasteiger partial charge in [-0.15, -0.1) is 0 Å². The summed E-state index contributed by atoms with van der Waals surface area (Å²) < 4.78 is 41.7. The number of halogens is 3. The lowest BCUT2D eigenvalue weighted by atomic mass is 10.2. The van der Waals surface area contributed by atoms with Crippen LogP contribution in [0.25, 0.3) is 0 Å². The maximum absolute atomic E-state index is 12.3. The largest absolute Gasteiger partial charge is 0.493 e. The Kier molecular flexibility index (Phi) is 3.96. The number of benzene rings is 1. The highest BCUT2D eigenvalue weighted by molar-refractivity contribution is 5.30. The summed E-state index contributed by atoms with van der Waals surface area (Å²) in [5.74, 6) is 0.137. The van der Waals surface area contributed by atoms with Crippen LogP contribution in [0.2, 0.25) is 0 Å². The van der Waals surface area contributed by atoms with Crippen LogP contribution in [0, 0.1) is 0 Å². The summed E-state index contributed by atoms with van der Waals surface area (Å²) in [6.45, 7) is -0.149. The van der Waals surface area contributed by atoms with Gasteiger partial charge in [0.15, 0.2) is 0 Å². The lowest BCUT2D eigenvalue weighted by Gasteiger charge is -2.09. The van der Waals surface area contributed by atoms with Crippen molar-refractivity contribution in [2.75, 3.05) is 13.2 Å². The summed E-state index contributed by atoms with van der Waals surface area (Å²) in [6.07, 6.45) is -4.08. The Labute approximate surface area is 85.3 Å². The molecule has 0 bridgehead atoms. The minimum absolute atomic E-state index is 0.137. The monoisotopic (exact) mass is 219 g/mol. The summed E-state index contributed by atoms with van der Waals surface area (Å²) in [4.78, 5) is 0. The van der Waals surface area contributed by atoms with E-state index in [1.54, 1.807) is 0 Å². The second-order valence-corrected chi connectivity index (χ2v) is 2.93. The molecule has 0 amide bonds. The van der Waals surface area contributed by atoms with E-state index < -0.39 is 11.7 Å². The number of alkyl halides is 3. The van der Waals surface area contributed by atoms with E-state index in [1.165, 1.54) is 12.1 Å². The van der Waals surface area contributed by atoms with Crippen LogP contribution in [-0.2, 0) is 11.3 Å². The molecule has 0 aliphatic heterocycles. The van der Waals surface area contributed by atoms with Gasteiger partial charge in [0.1, 0.15) is 5.75 Å². The Morgan fingerprint density at radius 2 is 2.00 bits per heavy atom. The van der Waals surface area contributed by atoms with Crippen LogP contribution < -0.4 is 4.74 Å². The minimum atomic E-state index is -4.36. The van der Waals surface area contributed by atoms with Crippen molar-refractivity contribution in [1.29, 1.82) is 0 Å². The lowest BCUT2D eigenvalue weighted by molar-refractivity contribution is -0.137. The highest BCUT2D eigenvalue weighted by Gasteiger charge is 2.30. The van der Waals surface area contributed by atoms with Gasteiger partial charge in [0.25, 0.3) is 0 Å². The molecular weight excluding hydrogens is 209 g/mol. The predicted octanol–water partition coefficient (Wildman–Crippen LogP) is 2.90. The zero-order valence-corrected chi connectivity index (χ0v) is 7.88. The molecule has 0 spiro atoms. The van der Waals surface area contributed by atoms with Crippen LogP contribution in [0.15, 0.2) is 24.3 Å². The smallest absolute Gasteiger partial charge is 0.416 e. The van der Waals surface area contributed by atoms with E-state index in [2.05, 4.69) is 0 Å². The van der Waals surface area contributed by atoms with Crippen LogP contribution in [0.5, 0.6) is 5.75 Å². The third-order valence-electron chi connectivity index (χ3n) is 1.72. The summed E-state index contributed by atoms with van der Waals surface area (Å²) in [6, 6.07) is 4.60. The second-order valence-electron chi connectivity index (χ2n) is 2.93. The number of hydrogen-bond acceptors (Lipinski definition) is 1. The highest BCUT2D eigenvalue weighted by atomic mass is 19.4. The number of ether oxygens (including phenoxy) is 1. The molecule has 83 valence electrons. The molecule has 0 atom stereocenters. The summed E-state index contributed by atoms with van der Waals surface area (Å²) in [5.41, 5.74) is -0.748. The molecule has 0 N–H and O–H groups in total. The van der Waals surface area contributed by atoms with Gasteiger partial charge in [-0.2, -0.15) is 13.2 Å². The Hall–Kier alpha value is -1.23. The third-order valence-corrected chi connectivity index (χ3v) is 1.72. The van der Waals surface area contributed by atoms with Crippen molar-refractivity contribution in [2.45, 2.75) is 12.6 Å². The molecule has 0 unspecified atom stereocenters. The van der Waals surface area contributed by atoms with Gasteiger partial charge < -0.3 is 4.74 Å². The fraction of sp³-hybridized carbons (Fsp3) is 0.400. The van der Waals surface area contributed by atoms with E-state index in [0.717, 1.165) is 12.1 Å². The van der Waals surface area contributed by atoms with E-state index in [1.807, 2.05) is 0 Å². The molecule has 0 aliphatic carbocycles. The van der Waals surface area contributed by atoms with Crippen molar-refractivity contribution < 1.29 is 23.0 Å². The Morgan fingerprint density at radius 3 is 2.60 bits per heavy atom. The molecule has 0 aromatic heterocycles. The standard InChI is InChI=1S/C10H10F3O2/c11-10(12,13)8-3-1-4-9(7-8)15-6-2-5-14/h1,3-4,7H,2,5-6H2. The van der Waals surface area contributed by atoms with Gasteiger partial charge in [-0.05, 0) is 18.2 Å². The van der Waals surface area contributed by atoms with Gasteiger partial charge >= 0.3 is 6.18 Å². The molecule has 0 aliphatic rings. The predicted molar refractivity (Wildman–Crippen MR) is 47.1 cm³/mol. The second kappa shape index (κ2) is 5.02. The average molecular weight is 219 g/mol. The maximum atomic E-state index is 12.3. The van der Waals surface area contributed by atoms with Gasteiger partial charge in [0, 0.05) is 6.42 Å². The lowest BCUT2D eigenvalue weighted by Crippen LogP contribution is -2.05. The van der Waals surface area contributed by atoms with E-state index in [-0.39, 0.29) is 25.4 Å². The molecule has 0 saturated heterocycles. The van der Waals surface area contributed by atoms with Crippen molar-refractivity contribution in [2.24, 2.45) is 0 Å². The Bertz CT molecular complexity index is 310. The first-order chi connectivity index (χ1) is 7.04. The first-order valence-electron chi connectivity index (χ1n) is 4.42. The summed E-state index contributed by atoms with van der Waals surface area (Å²) in [5, 5.41) is 10.1. The van der Waals surface area contributed by atoms with Crippen LogP contribution >= 0.6 is 0 Å². The van der Waals surface area contributed by atoms with Crippen molar-refractivity contribution in [3.63, 3.8) is 0 Å². The van der Waals surface area contributed by atoms with Crippen LogP contribution in [0.1, 0.15) is 12.0 Å². The van der Waals surface area contributed by atoms with E-state index in [9.17, 15) is 18.3 Å². The van der Waals surface area contributed by atoms with E-state index in [4.69, 9.17) is 4.74 Å². The quantitative estimate of drug-likeness (QED) is 0.716. The van der Waals surface area contributed by atoms with Gasteiger partial charge in [-0.1, -0.05) is 6.07 Å². The molecule has 1 rings (SSSR count). The molecular formula is C10H10F3O2. The molecule has 5 heteroatoms. The molecule has 0 saturated carbocycles. The zero-order valence-electron chi connectivity index (χ0n) is 7.88. The summed E-state index contributed by atoms with van der Waals surface area (Å²) in [7, 11) is 0. The SMILES string of the molecule is [O]CCCOc1cccc(C(F)(F)F)c1. The molecule has 15 heavy (non-hydrogen) atoms. The molecule has 1 aromatic carbocycles.